The normalized spacial score (nSPS) is 44.8. The van der Waals surface area contributed by atoms with Gasteiger partial charge in [0.2, 0.25) is 5.91 Å². The van der Waals surface area contributed by atoms with Crippen LogP contribution in [0.25, 0.3) is 0 Å². The number of aliphatic hydroxyl groups excluding tert-OH is 1. The molecule has 0 aromatic rings. The molecule has 9 nitrogen and oxygen atoms in total. The van der Waals surface area contributed by atoms with E-state index in [1.54, 1.807) is 0 Å². The van der Waals surface area contributed by atoms with Gasteiger partial charge in [0.1, 0.15) is 12.8 Å². The zero-order valence-electron chi connectivity index (χ0n) is 17.8. The Balaban J connectivity index is 1.26. The lowest BCUT2D eigenvalue weighted by atomic mass is 9.60. The van der Waals surface area contributed by atoms with Crippen LogP contribution in [0.5, 0.6) is 0 Å². The summed E-state index contributed by atoms with van der Waals surface area (Å²) >= 11 is 5.89. The summed E-state index contributed by atoms with van der Waals surface area (Å²) in [6, 6.07) is 0. The lowest BCUT2D eigenvalue weighted by Crippen LogP contribution is -2.71. The molecule has 0 aromatic heterocycles. The highest BCUT2D eigenvalue weighted by atomic mass is 35.5. The van der Waals surface area contributed by atoms with Crippen LogP contribution in [0, 0.1) is 0 Å². The highest BCUT2D eigenvalue weighted by molar-refractivity contribution is 6.21. The molecule has 2 amide bonds. The van der Waals surface area contributed by atoms with Crippen molar-refractivity contribution in [3.63, 3.8) is 0 Å². The highest BCUT2D eigenvalue weighted by Gasteiger charge is 2.55. The molecule has 2 bridgehead atoms. The van der Waals surface area contributed by atoms with Crippen LogP contribution >= 0.6 is 11.6 Å². The second kappa shape index (κ2) is 9.07. The molecule has 5 fully saturated rings. The zero-order valence-corrected chi connectivity index (χ0v) is 18.5. The van der Waals surface area contributed by atoms with E-state index in [4.69, 9.17) is 16.3 Å². The van der Waals surface area contributed by atoms with Gasteiger partial charge in [0.05, 0.1) is 29.3 Å². The fraction of sp³-hybridized carbons (Fsp3) is 0.900. The average Bonchev–Trinajstić information content (AvgIpc) is 3.17. The molecule has 0 radical (unpaired) electrons. The summed E-state index contributed by atoms with van der Waals surface area (Å²) in [7, 11) is 0. The fourth-order valence-corrected chi connectivity index (χ4v) is 5.61. The van der Waals surface area contributed by atoms with Crippen molar-refractivity contribution < 1.29 is 23.8 Å². The van der Waals surface area contributed by atoms with Crippen LogP contribution in [0.4, 0.5) is 4.39 Å². The number of alkyl halides is 2. The van der Waals surface area contributed by atoms with Crippen molar-refractivity contribution >= 4 is 23.4 Å². The van der Waals surface area contributed by atoms with Gasteiger partial charge in [-0.2, -0.15) is 0 Å². The maximum Gasteiger partial charge on any atom is 0.253 e. The molecule has 5 rings (SSSR count). The number of nitrogens with one attached hydrogen (secondary N) is 5. The number of halogens is 2. The number of carbonyl (C=O) groups is 2. The summed E-state index contributed by atoms with van der Waals surface area (Å²) in [6.07, 6.45) is 1.54. The maximum atomic E-state index is 13.8. The maximum absolute atomic E-state index is 13.8. The minimum atomic E-state index is -1.11. The van der Waals surface area contributed by atoms with Crippen LogP contribution in [0.3, 0.4) is 0 Å². The van der Waals surface area contributed by atoms with E-state index >= 15 is 0 Å². The van der Waals surface area contributed by atoms with Gasteiger partial charge in [0.25, 0.3) is 5.91 Å². The minimum absolute atomic E-state index is 0.0117. The predicted octanol–water partition coefficient (Wildman–Crippen LogP) is -0.0809. The molecule has 4 saturated carbocycles. The van der Waals surface area contributed by atoms with Crippen LogP contribution in [0.2, 0.25) is 0 Å². The Labute approximate surface area is 186 Å². The third kappa shape index (κ3) is 4.99. The summed E-state index contributed by atoms with van der Waals surface area (Å²) in [5.74, 6) is -0.464. The predicted molar refractivity (Wildman–Crippen MR) is 112 cm³/mol. The van der Waals surface area contributed by atoms with Crippen molar-refractivity contribution in [1.82, 2.24) is 26.8 Å². The van der Waals surface area contributed by atoms with E-state index in [0.29, 0.717) is 44.9 Å². The molecule has 6 unspecified atom stereocenters. The Kier molecular flexibility index (Phi) is 6.77. The van der Waals surface area contributed by atoms with Crippen molar-refractivity contribution in [2.75, 3.05) is 6.61 Å². The zero-order chi connectivity index (χ0) is 22.2. The monoisotopic (exact) mass is 461 g/mol. The molecule has 0 aromatic carbocycles. The van der Waals surface area contributed by atoms with E-state index in [1.807, 2.05) is 6.92 Å². The molecule has 1 saturated heterocycles. The third-order valence-electron chi connectivity index (χ3n) is 7.32. The molecular weight excluding hydrogens is 429 g/mol. The van der Waals surface area contributed by atoms with Crippen molar-refractivity contribution in [3.05, 3.63) is 0 Å². The molecule has 1 heterocycles. The van der Waals surface area contributed by atoms with Crippen LogP contribution in [0.15, 0.2) is 0 Å². The number of carbonyl (C=O) groups excluding carboxylic acids is 2. The SMILES string of the molecule is CC1NNC(C(=O)NC23CCC(NC(=O)COC4CCC(Cl)C(F)C4)(CC2)C(O)C3)N1. The molecule has 5 aliphatic rings. The number of hydrazine groups is 1. The number of hydrogen-bond donors (Lipinski definition) is 6. The number of aliphatic hydroxyl groups is 1. The Bertz CT molecular complexity index is 692. The summed E-state index contributed by atoms with van der Waals surface area (Å²) in [5, 5.41) is 19.6. The molecule has 6 atom stereocenters. The lowest BCUT2D eigenvalue weighted by molar-refractivity contribution is -0.140. The van der Waals surface area contributed by atoms with Crippen LogP contribution in [-0.4, -0.2) is 70.7 Å². The summed E-state index contributed by atoms with van der Waals surface area (Å²) in [4.78, 5) is 25.1. The first-order valence-corrected chi connectivity index (χ1v) is 11.6. The van der Waals surface area contributed by atoms with E-state index < -0.39 is 34.9 Å². The second-order valence-electron chi connectivity index (χ2n) is 9.58. The first-order chi connectivity index (χ1) is 14.7. The molecule has 31 heavy (non-hydrogen) atoms. The van der Waals surface area contributed by atoms with Gasteiger partial charge in [-0.1, -0.05) is 0 Å². The van der Waals surface area contributed by atoms with E-state index in [1.165, 1.54) is 0 Å². The molecule has 1 aliphatic heterocycles. The van der Waals surface area contributed by atoms with Gasteiger partial charge in [-0.15, -0.1) is 11.6 Å². The first-order valence-electron chi connectivity index (χ1n) is 11.2. The van der Waals surface area contributed by atoms with Crippen molar-refractivity contribution in [3.8, 4) is 0 Å². The van der Waals surface area contributed by atoms with Crippen LogP contribution < -0.4 is 26.8 Å². The third-order valence-corrected chi connectivity index (χ3v) is 7.81. The van der Waals surface area contributed by atoms with Crippen molar-refractivity contribution in [2.45, 2.75) is 105 Å². The van der Waals surface area contributed by atoms with E-state index in [-0.39, 0.29) is 37.1 Å². The Morgan fingerprint density at radius 2 is 1.94 bits per heavy atom. The Morgan fingerprint density at radius 3 is 2.55 bits per heavy atom. The largest absolute Gasteiger partial charge is 0.391 e. The second-order valence-corrected chi connectivity index (χ2v) is 10.1. The van der Waals surface area contributed by atoms with E-state index in [9.17, 15) is 19.1 Å². The molecular formula is C20H33ClFN5O4. The number of hydrogen-bond acceptors (Lipinski definition) is 7. The fourth-order valence-electron chi connectivity index (χ4n) is 5.38. The van der Waals surface area contributed by atoms with Crippen LogP contribution in [-0.2, 0) is 14.3 Å². The van der Waals surface area contributed by atoms with Crippen molar-refractivity contribution in [1.29, 1.82) is 0 Å². The van der Waals surface area contributed by atoms with Gasteiger partial charge in [-0.3, -0.25) is 14.9 Å². The quantitative estimate of drug-likeness (QED) is 0.306. The number of rotatable bonds is 6. The number of amides is 2. The summed E-state index contributed by atoms with van der Waals surface area (Å²) < 4.78 is 19.4. The Hall–Kier alpha value is -1.04. The first kappa shape index (κ1) is 23.1. The number of ether oxygens (including phenoxy) is 1. The van der Waals surface area contributed by atoms with Gasteiger partial charge >= 0.3 is 0 Å². The van der Waals surface area contributed by atoms with Gasteiger partial charge in [0.15, 0.2) is 6.17 Å². The lowest BCUT2D eigenvalue weighted by Gasteiger charge is -2.56. The molecule has 176 valence electrons. The molecule has 4 aliphatic carbocycles. The Morgan fingerprint density at radius 1 is 1.19 bits per heavy atom. The summed E-state index contributed by atoms with van der Waals surface area (Å²) in [5.41, 5.74) is 4.68. The van der Waals surface area contributed by atoms with E-state index in [0.717, 1.165) is 0 Å². The number of fused-ring (bicyclic) bond motifs is 3. The van der Waals surface area contributed by atoms with Gasteiger partial charge in [0, 0.05) is 12.0 Å². The molecule has 11 heteroatoms. The summed E-state index contributed by atoms with van der Waals surface area (Å²) in [6.45, 7) is 1.74. The van der Waals surface area contributed by atoms with Gasteiger partial charge < -0.3 is 20.5 Å². The molecule has 6 N–H and O–H groups in total. The minimum Gasteiger partial charge on any atom is -0.391 e. The van der Waals surface area contributed by atoms with Crippen LogP contribution in [0.1, 0.15) is 58.3 Å². The van der Waals surface area contributed by atoms with Gasteiger partial charge in [-0.25, -0.2) is 15.2 Å². The average molecular weight is 462 g/mol. The van der Waals surface area contributed by atoms with Gasteiger partial charge in [-0.05, 0) is 51.9 Å². The topological polar surface area (TPSA) is 124 Å². The molecule has 0 spiro atoms. The standard InChI is InChI=1S/C20H33ClFN5O4/c1-11-23-17(27-26-11)18(30)25-19-4-6-20(7-5-19,15(28)9-19)24-16(29)10-31-12-2-3-13(21)14(22)8-12/h11-15,17,23,26-28H,2-10H2,1H3,(H,24,29)(H,25,30). The van der Waals surface area contributed by atoms with E-state index in [2.05, 4.69) is 26.8 Å². The highest BCUT2D eigenvalue weighted by Crippen LogP contribution is 2.47. The van der Waals surface area contributed by atoms with Crippen molar-refractivity contribution in [2.24, 2.45) is 0 Å². The smallest absolute Gasteiger partial charge is 0.253 e.